The van der Waals surface area contributed by atoms with Crippen LogP contribution in [0.1, 0.15) is 29.7 Å². The molecule has 1 heterocycles. The zero-order chi connectivity index (χ0) is 13.8. The van der Waals surface area contributed by atoms with Gasteiger partial charge in [-0.05, 0) is 48.7 Å². The highest BCUT2D eigenvalue weighted by atomic mass is 35.5. The van der Waals surface area contributed by atoms with Gasteiger partial charge in [-0.15, -0.1) is 0 Å². The molecule has 19 heavy (non-hydrogen) atoms. The topological polar surface area (TPSA) is 24.9 Å². The first kappa shape index (κ1) is 14.3. The van der Waals surface area contributed by atoms with E-state index in [1.165, 1.54) is 11.1 Å². The van der Waals surface area contributed by atoms with Gasteiger partial charge in [0, 0.05) is 25.0 Å². The summed E-state index contributed by atoms with van der Waals surface area (Å²) in [5.41, 5.74) is 3.57. The van der Waals surface area contributed by atoms with E-state index in [9.17, 15) is 0 Å². The van der Waals surface area contributed by atoms with Crippen molar-refractivity contribution >= 4 is 23.2 Å². The van der Waals surface area contributed by atoms with Crippen molar-refractivity contribution in [1.82, 2.24) is 10.3 Å². The first-order valence-corrected chi connectivity index (χ1v) is 6.91. The molecule has 4 heteroatoms. The molecule has 1 aromatic heterocycles. The molecule has 0 saturated heterocycles. The second-order valence-corrected chi connectivity index (χ2v) is 5.39. The number of hydrogen-bond donors (Lipinski definition) is 1. The molecule has 0 saturated carbocycles. The maximum Gasteiger partial charge on any atom is 0.0595 e. The van der Waals surface area contributed by atoms with E-state index in [1.807, 2.05) is 36.7 Å². The van der Waals surface area contributed by atoms with Crippen LogP contribution in [0.25, 0.3) is 0 Å². The third-order valence-electron chi connectivity index (χ3n) is 3.18. The third-order valence-corrected chi connectivity index (χ3v) is 3.92. The molecule has 0 aliphatic carbocycles. The Balaban J connectivity index is 2.03. The van der Waals surface area contributed by atoms with Crippen LogP contribution in [0.4, 0.5) is 0 Å². The number of rotatable bonds is 4. The number of aryl methyl sites for hydroxylation is 1. The minimum absolute atomic E-state index is 0.210. The van der Waals surface area contributed by atoms with Crippen molar-refractivity contribution in [3.63, 3.8) is 0 Å². The van der Waals surface area contributed by atoms with Crippen LogP contribution < -0.4 is 5.32 Å². The Morgan fingerprint density at radius 1 is 1.21 bits per heavy atom. The van der Waals surface area contributed by atoms with Crippen molar-refractivity contribution < 1.29 is 0 Å². The average Bonchev–Trinajstić information content (AvgIpc) is 2.40. The lowest BCUT2D eigenvalue weighted by atomic mass is 10.1. The summed E-state index contributed by atoms with van der Waals surface area (Å²) in [5, 5.41) is 4.65. The smallest absolute Gasteiger partial charge is 0.0595 e. The van der Waals surface area contributed by atoms with Crippen molar-refractivity contribution in [3.05, 3.63) is 63.4 Å². The van der Waals surface area contributed by atoms with Gasteiger partial charge in [-0.1, -0.05) is 29.3 Å². The Kier molecular flexibility index (Phi) is 4.81. The van der Waals surface area contributed by atoms with E-state index in [0.717, 1.165) is 12.1 Å². The Labute approximate surface area is 123 Å². The van der Waals surface area contributed by atoms with Gasteiger partial charge in [0.1, 0.15) is 0 Å². The van der Waals surface area contributed by atoms with Crippen LogP contribution in [0.2, 0.25) is 10.0 Å². The summed E-state index contributed by atoms with van der Waals surface area (Å²) in [6.45, 7) is 4.97. The summed E-state index contributed by atoms with van der Waals surface area (Å²) in [4.78, 5) is 4.09. The summed E-state index contributed by atoms with van der Waals surface area (Å²) in [6.07, 6.45) is 3.69. The molecular formula is C15H16Cl2N2. The van der Waals surface area contributed by atoms with Crippen LogP contribution in [-0.2, 0) is 6.54 Å². The van der Waals surface area contributed by atoms with Gasteiger partial charge in [0.25, 0.3) is 0 Å². The molecule has 0 amide bonds. The highest BCUT2D eigenvalue weighted by molar-refractivity contribution is 6.42. The molecule has 2 aromatic rings. The van der Waals surface area contributed by atoms with E-state index in [4.69, 9.17) is 23.2 Å². The average molecular weight is 295 g/mol. The zero-order valence-electron chi connectivity index (χ0n) is 11.0. The van der Waals surface area contributed by atoms with Gasteiger partial charge in [-0.3, -0.25) is 4.98 Å². The lowest BCUT2D eigenvalue weighted by Crippen LogP contribution is -2.18. The Morgan fingerprint density at radius 3 is 2.68 bits per heavy atom. The molecule has 1 aromatic carbocycles. The predicted molar refractivity (Wildman–Crippen MR) is 80.7 cm³/mol. The Morgan fingerprint density at radius 2 is 2.00 bits per heavy atom. The number of halogens is 2. The number of hydrogen-bond acceptors (Lipinski definition) is 2. The van der Waals surface area contributed by atoms with Crippen LogP contribution >= 0.6 is 23.2 Å². The van der Waals surface area contributed by atoms with Gasteiger partial charge < -0.3 is 5.32 Å². The Hall–Kier alpha value is -1.09. The van der Waals surface area contributed by atoms with Gasteiger partial charge in [0.15, 0.2) is 0 Å². The van der Waals surface area contributed by atoms with Crippen LogP contribution in [0.5, 0.6) is 0 Å². The van der Waals surface area contributed by atoms with Crippen LogP contribution in [0.3, 0.4) is 0 Å². The first-order valence-electron chi connectivity index (χ1n) is 6.15. The van der Waals surface area contributed by atoms with E-state index in [-0.39, 0.29) is 6.04 Å². The van der Waals surface area contributed by atoms with Gasteiger partial charge >= 0.3 is 0 Å². The second-order valence-electron chi connectivity index (χ2n) is 4.58. The van der Waals surface area contributed by atoms with Gasteiger partial charge in [-0.25, -0.2) is 0 Å². The van der Waals surface area contributed by atoms with Gasteiger partial charge in [-0.2, -0.15) is 0 Å². The third kappa shape index (κ3) is 3.69. The lowest BCUT2D eigenvalue weighted by molar-refractivity contribution is 0.573. The summed E-state index contributed by atoms with van der Waals surface area (Å²) in [5.74, 6) is 0. The van der Waals surface area contributed by atoms with Crippen molar-refractivity contribution in [1.29, 1.82) is 0 Å². The number of nitrogens with zero attached hydrogens (tertiary/aromatic N) is 1. The maximum absolute atomic E-state index is 6.03. The van der Waals surface area contributed by atoms with Crippen LogP contribution in [0, 0.1) is 6.92 Å². The van der Waals surface area contributed by atoms with Crippen molar-refractivity contribution in [2.45, 2.75) is 26.4 Å². The molecule has 0 fully saturated rings. The number of pyridine rings is 1. The standard InChI is InChI=1S/C15H16Cl2N2/c1-10-8-18-6-5-13(10)9-19-11(2)12-3-4-14(16)15(17)7-12/h3-8,11,19H,9H2,1-2H3. The minimum Gasteiger partial charge on any atom is -0.306 e. The Bertz CT molecular complexity index is 570. The first-order chi connectivity index (χ1) is 9.08. The van der Waals surface area contributed by atoms with Crippen LogP contribution in [0.15, 0.2) is 36.7 Å². The van der Waals surface area contributed by atoms with Gasteiger partial charge in [0.05, 0.1) is 10.0 Å². The summed E-state index contributed by atoms with van der Waals surface area (Å²) < 4.78 is 0. The number of benzene rings is 1. The summed E-state index contributed by atoms with van der Waals surface area (Å²) in [7, 11) is 0. The fourth-order valence-corrected chi connectivity index (χ4v) is 2.17. The van der Waals surface area contributed by atoms with Crippen molar-refractivity contribution in [3.8, 4) is 0 Å². The van der Waals surface area contributed by atoms with E-state index < -0.39 is 0 Å². The summed E-state index contributed by atoms with van der Waals surface area (Å²) in [6, 6.07) is 7.97. The van der Waals surface area contributed by atoms with E-state index in [2.05, 4.69) is 24.1 Å². The maximum atomic E-state index is 6.03. The van der Waals surface area contributed by atoms with Gasteiger partial charge in [0.2, 0.25) is 0 Å². The van der Waals surface area contributed by atoms with Crippen molar-refractivity contribution in [2.24, 2.45) is 0 Å². The van der Waals surface area contributed by atoms with Crippen molar-refractivity contribution in [2.75, 3.05) is 0 Å². The molecule has 2 rings (SSSR count). The molecule has 1 atom stereocenters. The monoisotopic (exact) mass is 294 g/mol. The molecule has 0 bridgehead atoms. The normalized spacial score (nSPS) is 12.4. The van der Waals surface area contributed by atoms with E-state index in [1.54, 1.807) is 0 Å². The fourth-order valence-electron chi connectivity index (χ4n) is 1.86. The summed E-state index contributed by atoms with van der Waals surface area (Å²) >= 11 is 12.0. The molecule has 0 aliphatic heterocycles. The lowest BCUT2D eigenvalue weighted by Gasteiger charge is -2.15. The molecule has 100 valence electrons. The molecule has 1 N–H and O–H groups in total. The molecule has 0 aliphatic rings. The molecule has 2 nitrogen and oxygen atoms in total. The molecular weight excluding hydrogens is 279 g/mol. The zero-order valence-corrected chi connectivity index (χ0v) is 12.5. The molecule has 1 unspecified atom stereocenters. The SMILES string of the molecule is Cc1cnccc1CNC(C)c1ccc(Cl)c(Cl)c1. The largest absolute Gasteiger partial charge is 0.306 e. The predicted octanol–water partition coefficient (Wildman–Crippen LogP) is 4.55. The molecule has 0 radical (unpaired) electrons. The fraction of sp³-hybridized carbons (Fsp3) is 0.267. The number of aromatic nitrogens is 1. The molecule has 0 spiro atoms. The number of nitrogens with one attached hydrogen (secondary N) is 1. The second kappa shape index (κ2) is 6.38. The highest BCUT2D eigenvalue weighted by Crippen LogP contribution is 2.25. The highest BCUT2D eigenvalue weighted by Gasteiger charge is 2.08. The minimum atomic E-state index is 0.210. The van der Waals surface area contributed by atoms with E-state index in [0.29, 0.717) is 10.0 Å². The van der Waals surface area contributed by atoms with Crippen LogP contribution in [-0.4, -0.2) is 4.98 Å². The quantitative estimate of drug-likeness (QED) is 0.895. The van der Waals surface area contributed by atoms with E-state index >= 15 is 0 Å².